The van der Waals surface area contributed by atoms with Crippen LogP contribution in [0.5, 0.6) is 0 Å². The van der Waals surface area contributed by atoms with Crippen LogP contribution in [0.15, 0.2) is 16.7 Å². The lowest BCUT2D eigenvalue weighted by atomic mass is 10.1. The summed E-state index contributed by atoms with van der Waals surface area (Å²) in [5.74, 6) is 1.52. The molecule has 0 fully saturated rings. The summed E-state index contributed by atoms with van der Waals surface area (Å²) < 4.78 is 1.05. The fourth-order valence-electron chi connectivity index (χ4n) is 1.13. The van der Waals surface area contributed by atoms with Crippen molar-refractivity contribution in [1.29, 1.82) is 0 Å². The third-order valence-corrected chi connectivity index (χ3v) is 4.37. The number of aryl methyl sites for hydroxylation is 1. The predicted octanol–water partition coefficient (Wildman–Crippen LogP) is 3.98. The highest BCUT2D eigenvalue weighted by Crippen LogP contribution is 2.19. The first-order chi connectivity index (χ1) is 7.04. The van der Waals surface area contributed by atoms with E-state index in [4.69, 9.17) is 0 Å². The van der Waals surface area contributed by atoms with E-state index in [0.717, 1.165) is 15.6 Å². The molecule has 0 bridgehead atoms. The molecular weight excluding hydrogens is 320 g/mol. The minimum atomic E-state index is 0.414. The van der Waals surface area contributed by atoms with E-state index >= 15 is 0 Å². The van der Waals surface area contributed by atoms with Crippen LogP contribution < -0.4 is 5.32 Å². The monoisotopic (exact) mass is 334 g/mol. The first-order valence-electron chi connectivity index (χ1n) is 4.99. The number of pyridine rings is 1. The molecule has 0 spiro atoms. The fraction of sp³-hybridized carbons (Fsp3) is 0.545. The van der Waals surface area contributed by atoms with Gasteiger partial charge in [-0.25, -0.2) is 4.98 Å². The minimum absolute atomic E-state index is 0.414. The molecule has 1 heterocycles. The average Bonchev–Trinajstić information content (AvgIpc) is 2.22. The maximum Gasteiger partial charge on any atom is 0.126 e. The maximum absolute atomic E-state index is 4.32. The van der Waals surface area contributed by atoms with E-state index in [0.29, 0.717) is 12.0 Å². The van der Waals surface area contributed by atoms with Crippen LogP contribution in [0.2, 0.25) is 0 Å². The Kier molecular flexibility index (Phi) is 5.06. The molecule has 1 aromatic rings. The summed E-state index contributed by atoms with van der Waals surface area (Å²) in [5.41, 5.74) is 1.20. The highest BCUT2D eigenvalue weighted by molar-refractivity contribution is 9.10. The standard InChI is InChI=1S/C11H16Br2N2/c1-7-4-11(14-6-10(7)13)15-9(3)8(2)5-12/h4,6,8-9H,5H2,1-3H3,(H,14,15). The zero-order valence-electron chi connectivity index (χ0n) is 9.22. The second-order valence-corrected chi connectivity index (χ2v) is 5.39. The molecule has 1 N–H and O–H groups in total. The molecule has 0 radical (unpaired) electrons. The van der Waals surface area contributed by atoms with Crippen LogP contribution in [0.4, 0.5) is 5.82 Å². The summed E-state index contributed by atoms with van der Waals surface area (Å²) in [5, 5.41) is 4.40. The van der Waals surface area contributed by atoms with E-state index in [2.05, 4.69) is 69.0 Å². The number of rotatable bonds is 4. The van der Waals surface area contributed by atoms with Crippen LogP contribution in [0, 0.1) is 12.8 Å². The summed E-state index contributed by atoms with van der Waals surface area (Å²) in [6, 6.07) is 2.47. The van der Waals surface area contributed by atoms with Crippen LogP contribution in [-0.4, -0.2) is 16.4 Å². The van der Waals surface area contributed by atoms with Crippen molar-refractivity contribution < 1.29 is 0 Å². The lowest BCUT2D eigenvalue weighted by Gasteiger charge is -2.20. The molecule has 0 saturated heterocycles. The first kappa shape index (κ1) is 13.0. The number of halogens is 2. The first-order valence-corrected chi connectivity index (χ1v) is 6.90. The molecule has 1 aromatic heterocycles. The smallest absolute Gasteiger partial charge is 0.126 e. The van der Waals surface area contributed by atoms with Crippen LogP contribution >= 0.6 is 31.9 Å². The fourth-order valence-corrected chi connectivity index (χ4v) is 1.90. The lowest BCUT2D eigenvalue weighted by molar-refractivity contribution is 0.570. The maximum atomic E-state index is 4.32. The Morgan fingerprint density at radius 1 is 1.47 bits per heavy atom. The largest absolute Gasteiger partial charge is 0.367 e. The van der Waals surface area contributed by atoms with Gasteiger partial charge in [0.25, 0.3) is 0 Å². The molecule has 2 unspecified atom stereocenters. The molecule has 15 heavy (non-hydrogen) atoms. The Bertz CT molecular complexity index is 328. The summed E-state index contributed by atoms with van der Waals surface area (Å²) in [6.07, 6.45) is 1.84. The number of hydrogen-bond acceptors (Lipinski definition) is 2. The van der Waals surface area contributed by atoms with Gasteiger partial charge in [-0.3, -0.25) is 0 Å². The van der Waals surface area contributed by atoms with Gasteiger partial charge in [0.05, 0.1) is 0 Å². The Balaban J connectivity index is 2.68. The van der Waals surface area contributed by atoms with Gasteiger partial charge < -0.3 is 5.32 Å². The van der Waals surface area contributed by atoms with E-state index in [1.54, 1.807) is 0 Å². The number of anilines is 1. The van der Waals surface area contributed by atoms with Gasteiger partial charge in [-0.2, -0.15) is 0 Å². The molecule has 0 aliphatic carbocycles. The number of alkyl halides is 1. The number of hydrogen-bond donors (Lipinski definition) is 1. The van der Waals surface area contributed by atoms with Crippen molar-refractivity contribution in [1.82, 2.24) is 4.98 Å². The van der Waals surface area contributed by atoms with Gasteiger partial charge in [0, 0.05) is 22.0 Å². The quantitative estimate of drug-likeness (QED) is 0.842. The normalized spacial score (nSPS) is 14.7. The molecule has 84 valence electrons. The van der Waals surface area contributed by atoms with Crippen LogP contribution in [0.3, 0.4) is 0 Å². The Morgan fingerprint density at radius 2 is 2.13 bits per heavy atom. The van der Waals surface area contributed by atoms with Crippen molar-refractivity contribution in [3.8, 4) is 0 Å². The summed E-state index contributed by atoms with van der Waals surface area (Å²) in [4.78, 5) is 4.32. The number of nitrogens with one attached hydrogen (secondary N) is 1. The van der Waals surface area contributed by atoms with Crippen molar-refractivity contribution >= 4 is 37.7 Å². The Labute approximate surface area is 108 Å². The molecule has 4 heteroatoms. The zero-order chi connectivity index (χ0) is 11.4. The van der Waals surface area contributed by atoms with Gasteiger partial charge in [0.1, 0.15) is 5.82 Å². The Morgan fingerprint density at radius 3 is 2.67 bits per heavy atom. The van der Waals surface area contributed by atoms with E-state index in [-0.39, 0.29) is 0 Å². The molecule has 0 saturated carbocycles. The van der Waals surface area contributed by atoms with Gasteiger partial charge >= 0.3 is 0 Å². The van der Waals surface area contributed by atoms with Crippen LogP contribution in [-0.2, 0) is 0 Å². The molecule has 0 aliphatic rings. The third-order valence-electron chi connectivity index (χ3n) is 2.52. The zero-order valence-corrected chi connectivity index (χ0v) is 12.4. The third kappa shape index (κ3) is 3.76. The van der Waals surface area contributed by atoms with Crippen LogP contribution in [0.1, 0.15) is 19.4 Å². The van der Waals surface area contributed by atoms with Gasteiger partial charge in [0.2, 0.25) is 0 Å². The van der Waals surface area contributed by atoms with Crippen molar-refractivity contribution in [3.05, 3.63) is 22.3 Å². The van der Waals surface area contributed by atoms with Gasteiger partial charge in [-0.1, -0.05) is 22.9 Å². The van der Waals surface area contributed by atoms with Gasteiger partial charge in [-0.05, 0) is 47.3 Å². The van der Waals surface area contributed by atoms with Crippen molar-refractivity contribution in [3.63, 3.8) is 0 Å². The lowest BCUT2D eigenvalue weighted by Crippen LogP contribution is -2.25. The number of aromatic nitrogens is 1. The summed E-state index contributed by atoms with van der Waals surface area (Å²) >= 11 is 6.93. The second-order valence-electron chi connectivity index (χ2n) is 3.88. The minimum Gasteiger partial charge on any atom is -0.367 e. The molecule has 2 atom stereocenters. The van der Waals surface area contributed by atoms with E-state index in [1.165, 1.54) is 5.56 Å². The highest BCUT2D eigenvalue weighted by atomic mass is 79.9. The summed E-state index contributed by atoms with van der Waals surface area (Å²) in [7, 11) is 0. The SMILES string of the molecule is Cc1cc(NC(C)C(C)CBr)ncc1Br. The molecule has 0 amide bonds. The second kappa shape index (κ2) is 5.85. The Hall–Kier alpha value is -0.0900. The van der Waals surface area contributed by atoms with Crippen molar-refractivity contribution in [2.75, 3.05) is 10.6 Å². The van der Waals surface area contributed by atoms with E-state index < -0.39 is 0 Å². The topological polar surface area (TPSA) is 24.9 Å². The highest BCUT2D eigenvalue weighted by Gasteiger charge is 2.11. The number of nitrogens with zero attached hydrogens (tertiary/aromatic N) is 1. The molecular formula is C11H16Br2N2. The molecule has 1 rings (SSSR count). The summed E-state index contributed by atoms with van der Waals surface area (Å²) in [6.45, 7) is 6.44. The predicted molar refractivity (Wildman–Crippen MR) is 72.7 cm³/mol. The van der Waals surface area contributed by atoms with Crippen LogP contribution in [0.25, 0.3) is 0 Å². The molecule has 0 aromatic carbocycles. The van der Waals surface area contributed by atoms with Gasteiger partial charge in [0.15, 0.2) is 0 Å². The van der Waals surface area contributed by atoms with Gasteiger partial charge in [-0.15, -0.1) is 0 Å². The molecule has 0 aliphatic heterocycles. The van der Waals surface area contributed by atoms with Crippen molar-refractivity contribution in [2.45, 2.75) is 26.8 Å². The van der Waals surface area contributed by atoms with E-state index in [9.17, 15) is 0 Å². The molecule has 2 nitrogen and oxygen atoms in total. The van der Waals surface area contributed by atoms with Crippen molar-refractivity contribution in [2.24, 2.45) is 5.92 Å². The van der Waals surface area contributed by atoms with E-state index in [1.807, 2.05) is 6.20 Å². The average molecular weight is 336 g/mol.